The molecular weight excluding hydrogens is 316 g/mol. The Morgan fingerprint density at radius 2 is 1.96 bits per heavy atom. The molecule has 130 valence electrons. The molecule has 25 heavy (non-hydrogen) atoms. The van der Waals surface area contributed by atoms with Crippen LogP contribution in [0.15, 0.2) is 42.7 Å². The molecule has 1 unspecified atom stereocenters. The number of carbonyl (C=O) groups excluding carboxylic acids is 2. The van der Waals surface area contributed by atoms with Gasteiger partial charge in [0.2, 0.25) is 5.91 Å². The Kier molecular flexibility index (Phi) is 4.26. The number of aromatic nitrogens is 2. The van der Waals surface area contributed by atoms with Gasteiger partial charge in [0.25, 0.3) is 5.91 Å². The summed E-state index contributed by atoms with van der Waals surface area (Å²) in [4.78, 5) is 24.8. The van der Waals surface area contributed by atoms with Gasteiger partial charge in [-0.2, -0.15) is 5.10 Å². The minimum atomic E-state index is -0.480. The Hall–Kier alpha value is -2.63. The lowest BCUT2D eigenvalue weighted by Crippen LogP contribution is -2.53. The van der Waals surface area contributed by atoms with E-state index < -0.39 is 6.04 Å². The third kappa shape index (κ3) is 3.29. The van der Waals surface area contributed by atoms with Crippen LogP contribution in [0, 0.1) is 0 Å². The van der Waals surface area contributed by atoms with Crippen LogP contribution in [0.3, 0.4) is 0 Å². The van der Waals surface area contributed by atoms with E-state index in [9.17, 15) is 9.59 Å². The molecule has 4 rings (SSSR count). The predicted octanol–water partition coefficient (Wildman–Crippen LogP) is 1.84. The summed E-state index contributed by atoms with van der Waals surface area (Å²) >= 11 is 0. The average Bonchev–Trinajstić information content (AvgIpc) is 3.17. The fourth-order valence-corrected chi connectivity index (χ4v) is 3.87. The van der Waals surface area contributed by atoms with Crippen LogP contribution >= 0.6 is 0 Å². The number of amides is 2. The molecule has 2 amide bonds. The standard InChI is InChI=1S/C19H22N4O2/c24-18-16-5-2-1-4-13(16)12-17(22-18)19(25)21-14-6-8-15(9-7-14)23-11-3-10-20-23/h1-5,10-11,14-15,17H,6-9,12H2,(H,21,25)(H,22,24). The van der Waals surface area contributed by atoms with E-state index in [2.05, 4.69) is 15.7 Å². The first-order valence-electron chi connectivity index (χ1n) is 8.89. The molecule has 2 N–H and O–H groups in total. The third-order valence-electron chi connectivity index (χ3n) is 5.25. The number of hydrogen-bond acceptors (Lipinski definition) is 3. The molecule has 0 spiro atoms. The lowest BCUT2D eigenvalue weighted by Gasteiger charge is -2.31. The van der Waals surface area contributed by atoms with Crippen molar-refractivity contribution in [2.75, 3.05) is 0 Å². The van der Waals surface area contributed by atoms with Crippen molar-refractivity contribution in [3.8, 4) is 0 Å². The molecule has 0 bridgehead atoms. The van der Waals surface area contributed by atoms with Gasteiger partial charge in [-0.25, -0.2) is 0 Å². The van der Waals surface area contributed by atoms with Crippen LogP contribution in [0.1, 0.15) is 47.6 Å². The van der Waals surface area contributed by atoms with Gasteiger partial charge in [-0.15, -0.1) is 0 Å². The number of fused-ring (bicyclic) bond motifs is 1. The molecule has 2 aliphatic rings. The van der Waals surface area contributed by atoms with Gasteiger partial charge in [-0.1, -0.05) is 18.2 Å². The summed E-state index contributed by atoms with van der Waals surface area (Å²) in [5, 5.41) is 10.3. The van der Waals surface area contributed by atoms with Crippen molar-refractivity contribution in [2.24, 2.45) is 0 Å². The van der Waals surface area contributed by atoms with Crippen LogP contribution in [0.5, 0.6) is 0 Å². The number of hydrogen-bond donors (Lipinski definition) is 2. The second kappa shape index (κ2) is 6.70. The zero-order valence-electron chi connectivity index (χ0n) is 14.0. The van der Waals surface area contributed by atoms with Crippen LogP contribution in [-0.2, 0) is 11.2 Å². The Morgan fingerprint density at radius 1 is 1.16 bits per heavy atom. The maximum absolute atomic E-state index is 12.6. The maximum Gasteiger partial charge on any atom is 0.252 e. The summed E-state index contributed by atoms with van der Waals surface area (Å²) in [5.74, 6) is -0.241. The fourth-order valence-electron chi connectivity index (χ4n) is 3.87. The SMILES string of the molecule is O=C1NC(C(=O)NC2CCC(n3cccn3)CC2)Cc2ccccc21. The van der Waals surface area contributed by atoms with E-state index in [0.717, 1.165) is 31.2 Å². The van der Waals surface area contributed by atoms with Gasteiger partial charge in [0, 0.05) is 30.4 Å². The third-order valence-corrected chi connectivity index (χ3v) is 5.25. The lowest BCUT2D eigenvalue weighted by atomic mass is 9.90. The minimum absolute atomic E-state index is 0.0783. The van der Waals surface area contributed by atoms with Crippen LogP contribution in [0.25, 0.3) is 0 Å². The summed E-state index contributed by atoms with van der Waals surface area (Å²) in [6.45, 7) is 0. The summed E-state index contributed by atoms with van der Waals surface area (Å²) in [5.41, 5.74) is 1.61. The van der Waals surface area contributed by atoms with E-state index in [1.165, 1.54) is 0 Å². The normalized spacial score (nSPS) is 25.8. The molecule has 0 saturated heterocycles. The van der Waals surface area contributed by atoms with Gasteiger partial charge in [0.1, 0.15) is 6.04 Å². The second-order valence-corrected chi connectivity index (χ2v) is 6.89. The molecule has 6 nitrogen and oxygen atoms in total. The van der Waals surface area contributed by atoms with E-state index in [0.29, 0.717) is 18.0 Å². The van der Waals surface area contributed by atoms with Gasteiger partial charge in [0.05, 0.1) is 6.04 Å². The average molecular weight is 338 g/mol. The molecule has 2 aromatic rings. The van der Waals surface area contributed by atoms with Crippen molar-refractivity contribution in [1.82, 2.24) is 20.4 Å². The zero-order chi connectivity index (χ0) is 17.2. The smallest absolute Gasteiger partial charge is 0.252 e. The zero-order valence-corrected chi connectivity index (χ0v) is 14.0. The molecule has 1 saturated carbocycles. The highest BCUT2D eigenvalue weighted by atomic mass is 16.2. The molecule has 1 aromatic carbocycles. The first-order valence-corrected chi connectivity index (χ1v) is 8.89. The maximum atomic E-state index is 12.6. The van der Waals surface area contributed by atoms with Crippen molar-refractivity contribution in [3.63, 3.8) is 0 Å². The van der Waals surface area contributed by atoms with Gasteiger partial charge < -0.3 is 10.6 Å². The monoisotopic (exact) mass is 338 g/mol. The van der Waals surface area contributed by atoms with E-state index in [1.54, 1.807) is 12.3 Å². The highest BCUT2D eigenvalue weighted by Gasteiger charge is 2.31. The van der Waals surface area contributed by atoms with Crippen LogP contribution in [0.4, 0.5) is 0 Å². The topological polar surface area (TPSA) is 76.0 Å². The molecule has 1 atom stereocenters. The van der Waals surface area contributed by atoms with Crippen LogP contribution < -0.4 is 10.6 Å². The highest BCUT2D eigenvalue weighted by Crippen LogP contribution is 2.28. The summed E-state index contributed by atoms with van der Waals surface area (Å²) < 4.78 is 2.01. The molecule has 2 heterocycles. The largest absolute Gasteiger partial charge is 0.352 e. The molecular formula is C19H22N4O2. The summed E-state index contributed by atoms with van der Waals surface area (Å²) in [6.07, 6.45) is 8.24. The number of carbonyl (C=O) groups is 2. The van der Waals surface area contributed by atoms with Crippen LogP contribution in [-0.4, -0.2) is 33.7 Å². The number of benzene rings is 1. The Bertz CT molecular complexity index is 763. The first kappa shape index (κ1) is 15.9. The Balaban J connectivity index is 1.33. The quantitative estimate of drug-likeness (QED) is 0.896. The Morgan fingerprint density at radius 3 is 2.72 bits per heavy atom. The second-order valence-electron chi connectivity index (χ2n) is 6.89. The highest BCUT2D eigenvalue weighted by molar-refractivity contribution is 6.00. The van der Waals surface area contributed by atoms with Gasteiger partial charge in [-0.3, -0.25) is 14.3 Å². The van der Waals surface area contributed by atoms with E-state index >= 15 is 0 Å². The van der Waals surface area contributed by atoms with E-state index in [1.807, 2.05) is 35.1 Å². The van der Waals surface area contributed by atoms with Crippen molar-refractivity contribution >= 4 is 11.8 Å². The minimum Gasteiger partial charge on any atom is -0.352 e. The number of nitrogens with zero attached hydrogens (tertiary/aromatic N) is 2. The number of nitrogens with one attached hydrogen (secondary N) is 2. The molecule has 1 fully saturated rings. The molecule has 0 radical (unpaired) electrons. The fraction of sp³-hybridized carbons (Fsp3) is 0.421. The van der Waals surface area contributed by atoms with Crippen molar-refractivity contribution < 1.29 is 9.59 Å². The molecule has 1 aliphatic carbocycles. The number of rotatable bonds is 3. The van der Waals surface area contributed by atoms with Crippen molar-refractivity contribution in [2.45, 2.75) is 50.2 Å². The van der Waals surface area contributed by atoms with Crippen molar-refractivity contribution in [1.29, 1.82) is 0 Å². The van der Waals surface area contributed by atoms with Gasteiger partial charge >= 0.3 is 0 Å². The van der Waals surface area contributed by atoms with Gasteiger partial charge in [0.15, 0.2) is 0 Å². The predicted molar refractivity (Wildman–Crippen MR) is 93.1 cm³/mol. The van der Waals surface area contributed by atoms with E-state index in [4.69, 9.17) is 0 Å². The molecule has 6 heteroatoms. The lowest BCUT2D eigenvalue weighted by molar-refractivity contribution is -0.124. The summed E-state index contributed by atoms with van der Waals surface area (Å²) in [6, 6.07) is 9.53. The molecule has 1 aliphatic heterocycles. The van der Waals surface area contributed by atoms with E-state index in [-0.39, 0.29) is 17.9 Å². The summed E-state index contributed by atoms with van der Waals surface area (Å²) in [7, 11) is 0. The Labute approximate surface area is 146 Å². The van der Waals surface area contributed by atoms with Crippen molar-refractivity contribution in [3.05, 3.63) is 53.9 Å². The van der Waals surface area contributed by atoms with Crippen LogP contribution in [0.2, 0.25) is 0 Å². The molecule has 1 aromatic heterocycles. The first-order chi connectivity index (χ1) is 12.2. The van der Waals surface area contributed by atoms with Gasteiger partial charge in [-0.05, 0) is 43.4 Å².